The highest BCUT2D eigenvalue weighted by atomic mass is 32.2. The molecular formula is C20H23N5O2S2. The second kappa shape index (κ2) is 9.51. The lowest BCUT2D eigenvalue weighted by molar-refractivity contribution is -0.128. The SMILES string of the molecule is Cc1cc(CN2CCCN(C(=O)CSc3nccc(-c4cccs4)n3)CC2)no1. The van der Waals surface area contributed by atoms with Gasteiger partial charge in [-0.05, 0) is 30.9 Å². The van der Waals surface area contributed by atoms with Crippen molar-refractivity contribution in [3.05, 3.63) is 47.3 Å². The minimum atomic E-state index is 0.138. The van der Waals surface area contributed by atoms with Crippen LogP contribution in [0.25, 0.3) is 10.6 Å². The van der Waals surface area contributed by atoms with E-state index in [1.165, 1.54) is 11.8 Å². The molecule has 0 bridgehead atoms. The number of aromatic nitrogens is 3. The van der Waals surface area contributed by atoms with Crippen LogP contribution in [0.15, 0.2) is 45.5 Å². The van der Waals surface area contributed by atoms with Crippen molar-refractivity contribution in [3.8, 4) is 10.6 Å². The molecule has 3 aromatic rings. The zero-order valence-corrected chi connectivity index (χ0v) is 17.9. The van der Waals surface area contributed by atoms with Gasteiger partial charge in [0.25, 0.3) is 0 Å². The first-order chi connectivity index (χ1) is 14.2. The molecule has 0 aliphatic carbocycles. The number of amides is 1. The smallest absolute Gasteiger partial charge is 0.233 e. The summed E-state index contributed by atoms with van der Waals surface area (Å²) in [7, 11) is 0. The van der Waals surface area contributed by atoms with Crippen LogP contribution in [-0.2, 0) is 11.3 Å². The maximum absolute atomic E-state index is 12.7. The third-order valence-corrected chi connectivity index (χ3v) is 6.47. The van der Waals surface area contributed by atoms with Gasteiger partial charge in [0.15, 0.2) is 5.16 Å². The van der Waals surface area contributed by atoms with Crippen LogP contribution in [0.1, 0.15) is 17.9 Å². The molecule has 3 aromatic heterocycles. The van der Waals surface area contributed by atoms with Gasteiger partial charge in [-0.15, -0.1) is 11.3 Å². The molecule has 0 saturated carbocycles. The predicted octanol–water partition coefficient (Wildman–Crippen LogP) is 3.33. The Labute approximate surface area is 178 Å². The number of aryl methyl sites for hydroxylation is 1. The summed E-state index contributed by atoms with van der Waals surface area (Å²) < 4.78 is 5.15. The molecule has 9 heteroatoms. The molecule has 0 unspecified atom stereocenters. The van der Waals surface area contributed by atoms with Gasteiger partial charge >= 0.3 is 0 Å². The molecule has 1 aliphatic heterocycles. The number of nitrogens with zero attached hydrogens (tertiary/aromatic N) is 5. The highest BCUT2D eigenvalue weighted by Crippen LogP contribution is 2.24. The number of rotatable bonds is 6. The number of hydrogen-bond acceptors (Lipinski definition) is 8. The standard InChI is InChI=1S/C20H23N5O2S2/c1-15-12-16(23-27-15)13-24-7-3-8-25(10-9-24)19(26)14-29-20-21-6-5-17(22-20)18-4-2-11-28-18/h2,4-6,11-12H,3,7-10,13-14H2,1H3. The molecule has 1 aliphatic rings. The number of hydrogen-bond donors (Lipinski definition) is 0. The van der Waals surface area contributed by atoms with Gasteiger partial charge in [-0.2, -0.15) is 0 Å². The van der Waals surface area contributed by atoms with Crippen LogP contribution in [-0.4, -0.2) is 62.8 Å². The molecular weight excluding hydrogens is 406 g/mol. The molecule has 7 nitrogen and oxygen atoms in total. The lowest BCUT2D eigenvalue weighted by Crippen LogP contribution is -2.36. The van der Waals surface area contributed by atoms with E-state index in [0.717, 1.165) is 61.2 Å². The van der Waals surface area contributed by atoms with E-state index in [2.05, 4.69) is 20.0 Å². The van der Waals surface area contributed by atoms with Gasteiger partial charge in [0.2, 0.25) is 5.91 Å². The lowest BCUT2D eigenvalue weighted by Gasteiger charge is -2.21. The monoisotopic (exact) mass is 429 g/mol. The Hall–Kier alpha value is -2.23. The maximum atomic E-state index is 12.7. The molecule has 0 aromatic carbocycles. The van der Waals surface area contributed by atoms with Crippen molar-refractivity contribution in [3.63, 3.8) is 0 Å². The zero-order chi connectivity index (χ0) is 20.1. The first kappa shape index (κ1) is 20.1. The van der Waals surface area contributed by atoms with Crippen molar-refractivity contribution in [2.45, 2.75) is 25.0 Å². The fourth-order valence-corrected chi connectivity index (χ4v) is 4.72. The lowest BCUT2D eigenvalue weighted by atomic mass is 10.3. The summed E-state index contributed by atoms with van der Waals surface area (Å²) in [5.74, 6) is 1.32. The Morgan fingerprint density at radius 1 is 1.28 bits per heavy atom. The minimum absolute atomic E-state index is 0.138. The first-order valence-corrected chi connectivity index (χ1v) is 11.5. The molecule has 152 valence electrons. The van der Waals surface area contributed by atoms with Crippen molar-refractivity contribution in [1.29, 1.82) is 0 Å². The molecule has 0 radical (unpaired) electrons. The summed E-state index contributed by atoms with van der Waals surface area (Å²) in [6.45, 7) is 5.96. The molecule has 29 heavy (non-hydrogen) atoms. The Kier molecular flexibility index (Phi) is 6.58. The van der Waals surface area contributed by atoms with E-state index in [1.807, 2.05) is 41.5 Å². The van der Waals surface area contributed by atoms with Gasteiger partial charge in [-0.1, -0.05) is 23.0 Å². The number of thioether (sulfide) groups is 1. The van der Waals surface area contributed by atoms with Gasteiger partial charge in [0.05, 0.1) is 22.0 Å². The summed E-state index contributed by atoms with van der Waals surface area (Å²) in [4.78, 5) is 27.0. The first-order valence-electron chi connectivity index (χ1n) is 9.59. The Bertz CT molecular complexity index is 944. The van der Waals surface area contributed by atoms with Crippen molar-refractivity contribution < 1.29 is 9.32 Å². The van der Waals surface area contributed by atoms with Gasteiger partial charge in [-0.3, -0.25) is 9.69 Å². The third kappa shape index (κ3) is 5.43. The van der Waals surface area contributed by atoms with Crippen molar-refractivity contribution in [1.82, 2.24) is 24.9 Å². The van der Waals surface area contributed by atoms with Gasteiger partial charge in [0.1, 0.15) is 5.76 Å². The summed E-state index contributed by atoms with van der Waals surface area (Å²) in [6.07, 6.45) is 2.71. The zero-order valence-electron chi connectivity index (χ0n) is 16.3. The predicted molar refractivity (Wildman–Crippen MR) is 114 cm³/mol. The molecule has 0 spiro atoms. The Morgan fingerprint density at radius 3 is 3.00 bits per heavy atom. The van der Waals surface area contributed by atoms with E-state index in [4.69, 9.17) is 4.52 Å². The largest absolute Gasteiger partial charge is 0.361 e. The van der Waals surface area contributed by atoms with E-state index in [1.54, 1.807) is 17.5 Å². The number of carbonyl (C=O) groups is 1. The summed E-state index contributed by atoms with van der Waals surface area (Å²) in [5, 5.41) is 6.74. The Balaban J connectivity index is 1.28. The summed E-state index contributed by atoms with van der Waals surface area (Å²) in [5.41, 5.74) is 1.85. The fourth-order valence-electron chi connectivity index (χ4n) is 3.29. The van der Waals surface area contributed by atoms with Gasteiger partial charge in [-0.25, -0.2) is 9.97 Å². The van der Waals surface area contributed by atoms with Crippen LogP contribution in [0.4, 0.5) is 0 Å². The average molecular weight is 430 g/mol. The fraction of sp³-hybridized carbons (Fsp3) is 0.400. The van der Waals surface area contributed by atoms with Crippen LogP contribution in [0, 0.1) is 6.92 Å². The van der Waals surface area contributed by atoms with Gasteiger partial charge in [0, 0.05) is 45.0 Å². The second-order valence-corrected chi connectivity index (χ2v) is 8.82. The van der Waals surface area contributed by atoms with Crippen LogP contribution < -0.4 is 0 Å². The summed E-state index contributed by atoms with van der Waals surface area (Å²) in [6, 6.07) is 7.91. The maximum Gasteiger partial charge on any atom is 0.233 e. The number of carbonyl (C=O) groups excluding carboxylic acids is 1. The van der Waals surface area contributed by atoms with E-state index in [9.17, 15) is 4.79 Å². The van der Waals surface area contributed by atoms with Crippen molar-refractivity contribution in [2.24, 2.45) is 0 Å². The number of thiophene rings is 1. The van der Waals surface area contributed by atoms with Crippen LogP contribution in [0.3, 0.4) is 0 Å². The quantitative estimate of drug-likeness (QED) is 0.439. The molecule has 4 rings (SSSR count). The Morgan fingerprint density at radius 2 is 2.21 bits per heavy atom. The van der Waals surface area contributed by atoms with Gasteiger partial charge < -0.3 is 9.42 Å². The van der Waals surface area contributed by atoms with E-state index in [0.29, 0.717) is 10.9 Å². The highest BCUT2D eigenvalue weighted by molar-refractivity contribution is 7.99. The molecule has 1 saturated heterocycles. The molecule has 4 heterocycles. The summed E-state index contributed by atoms with van der Waals surface area (Å²) >= 11 is 3.05. The van der Waals surface area contributed by atoms with Crippen molar-refractivity contribution >= 4 is 29.0 Å². The molecule has 1 fully saturated rings. The van der Waals surface area contributed by atoms with Crippen molar-refractivity contribution in [2.75, 3.05) is 31.9 Å². The third-order valence-electron chi connectivity index (χ3n) is 4.74. The second-order valence-electron chi connectivity index (χ2n) is 6.93. The average Bonchev–Trinajstić information content (AvgIpc) is 3.35. The highest BCUT2D eigenvalue weighted by Gasteiger charge is 2.20. The van der Waals surface area contributed by atoms with E-state index >= 15 is 0 Å². The normalized spacial score (nSPS) is 15.4. The molecule has 0 atom stereocenters. The van der Waals surface area contributed by atoms with E-state index in [-0.39, 0.29) is 5.91 Å². The molecule has 1 amide bonds. The van der Waals surface area contributed by atoms with Crippen LogP contribution in [0.5, 0.6) is 0 Å². The minimum Gasteiger partial charge on any atom is -0.361 e. The van der Waals surface area contributed by atoms with Crippen LogP contribution in [0.2, 0.25) is 0 Å². The van der Waals surface area contributed by atoms with Crippen LogP contribution >= 0.6 is 23.1 Å². The van der Waals surface area contributed by atoms with E-state index < -0.39 is 0 Å². The molecule has 0 N–H and O–H groups in total. The topological polar surface area (TPSA) is 75.4 Å².